The lowest BCUT2D eigenvalue weighted by atomic mass is 10.1. The number of methoxy groups -OCH3 is 1. The minimum absolute atomic E-state index is 0.114. The van der Waals surface area contributed by atoms with Crippen LogP contribution >= 0.6 is 0 Å². The van der Waals surface area contributed by atoms with Gasteiger partial charge in [-0.2, -0.15) is 0 Å². The first-order chi connectivity index (χ1) is 10.3. The molecule has 0 radical (unpaired) electrons. The molecule has 0 unspecified atom stereocenters. The first-order valence-electron chi connectivity index (χ1n) is 6.92. The van der Waals surface area contributed by atoms with E-state index < -0.39 is 0 Å². The molecule has 2 aromatic carbocycles. The van der Waals surface area contributed by atoms with Crippen molar-refractivity contribution < 1.29 is 19.3 Å². The molecule has 0 heterocycles. The van der Waals surface area contributed by atoms with E-state index in [1.165, 1.54) is 0 Å². The third-order valence-electron chi connectivity index (χ3n) is 3.02. The van der Waals surface area contributed by atoms with Gasteiger partial charge < -0.3 is 19.3 Å². The van der Waals surface area contributed by atoms with E-state index in [-0.39, 0.29) is 6.61 Å². The Balaban J connectivity index is 1.79. The molecule has 1 N–H and O–H groups in total. The van der Waals surface area contributed by atoms with Gasteiger partial charge in [-0.15, -0.1) is 0 Å². The van der Waals surface area contributed by atoms with Gasteiger partial charge in [0.25, 0.3) is 0 Å². The lowest BCUT2D eigenvalue weighted by Gasteiger charge is -2.11. The molecule has 0 saturated heterocycles. The summed E-state index contributed by atoms with van der Waals surface area (Å²) in [7, 11) is 1.63. The molecule has 0 amide bonds. The fourth-order valence-corrected chi connectivity index (χ4v) is 1.95. The van der Waals surface area contributed by atoms with Crippen molar-refractivity contribution in [2.24, 2.45) is 0 Å². The molecule has 4 heteroatoms. The lowest BCUT2D eigenvalue weighted by Crippen LogP contribution is -2.10. The highest BCUT2D eigenvalue weighted by atomic mass is 16.5. The molecule has 0 aliphatic heterocycles. The Bertz CT molecular complexity index is 537. The van der Waals surface area contributed by atoms with Crippen LogP contribution in [-0.2, 0) is 6.42 Å². The summed E-state index contributed by atoms with van der Waals surface area (Å²) in [4.78, 5) is 0. The summed E-state index contributed by atoms with van der Waals surface area (Å²) in [5.41, 5.74) is 1.00. The van der Waals surface area contributed by atoms with Crippen LogP contribution in [0.3, 0.4) is 0 Å². The van der Waals surface area contributed by atoms with Gasteiger partial charge in [-0.05, 0) is 42.3 Å². The van der Waals surface area contributed by atoms with Crippen molar-refractivity contribution in [3.8, 4) is 17.2 Å². The van der Waals surface area contributed by atoms with Crippen molar-refractivity contribution in [1.82, 2.24) is 0 Å². The van der Waals surface area contributed by atoms with Crippen LogP contribution in [0.1, 0.15) is 5.56 Å². The predicted molar refractivity (Wildman–Crippen MR) is 81.2 cm³/mol. The molecule has 0 fully saturated rings. The lowest BCUT2D eigenvalue weighted by molar-refractivity contribution is 0.214. The van der Waals surface area contributed by atoms with E-state index in [4.69, 9.17) is 19.3 Å². The number of aliphatic hydroxyl groups is 1. The standard InChI is InChI=1S/C17H20O4/c1-19-15-6-8-16(9-7-15)20-12-13-21-17-5-3-2-4-14(17)10-11-18/h2-9,18H,10-13H2,1H3. The SMILES string of the molecule is COc1ccc(OCCOc2ccccc2CCO)cc1. The van der Waals surface area contributed by atoms with Crippen molar-refractivity contribution in [2.45, 2.75) is 6.42 Å². The van der Waals surface area contributed by atoms with Crippen molar-refractivity contribution in [2.75, 3.05) is 26.9 Å². The maximum Gasteiger partial charge on any atom is 0.122 e. The van der Waals surface area contributed by atoms with E-state index in [1.54, 1.807) is 7.11 Å². The summed E-state index contributed by atoms with van der Waals surface area (Å²) >= 11 is 0. The topological polar surface area (TPSA) is 47.9 Å². The molecule has 4 nitrogen and oxygen atoms in total. The molecule has 0 spiro atoms. The van der Waals surface area contributed by atoms with Crippen molar-refractivity contribution in [1.29, 1.82) is 0 Å². The average molecular weight is 288 g/mol. The molecule has 0 atom stereocenters. The molecule has 2 aromatic rings. The smallest absolute Gasteiger partial charge is 0.122 e. The third kappa shape index (κ3) is 4.68. The summed E-state index contributed by atoms with van der Waals surface area (Å²) in [5, 5.41) is 9.02. The van der Waals surface area contributed by atoms with Gasteiger partial charge in [0, 0.05) is 6.61 Å². The quantitative estimate of drug-likeness (QED) is 0.759. The van der Waals surface area contributed by atoms with Crippen LogP contribution in [0.25, 0.3) is 0 Å². The normalized spacial score (nSPS) is 10.2. The highest BCUT2D eigenvalue weighted by Crippen LogP contribution is 2.19. The molecular formula is C17H20O4. The minimum atomic E-state index is 0.114. The second kappa shape index (κ2) is 8.17. The molecule has 2 rings (SSSR count). The van der Waals surface area contributed by atoms with E-state index in [0.29, 0.717) is 19.6 Å². The Morgan fingerprint density at radius 3 is 2.24 bits per heavy atom. The predicted octanol–water partition coefficient (Wildman–Crippen LogP) is 2.69. The Morgan fingerprint density at radius 1 is 0.857 bits per heavy atom. The Labute approximate surface area is 124 Å². The minimum Gasteiger partial charge on any atom is -0.497 e. The van der Waals surface area contributed by atoms with Crippen LogP contribution in [0.5, 0.6) is 17.2 Å². The molecule has 112 valence electrons. The van der Waals surface area contributed by atoms with E-state index >= 15 is 0 Å². The third-order valence-corrected chi connectivity index (χ3v) is 3.02. The number of hydrogen-bond acceptors (Lipinski definition) is 4. The Morgan fingerprint density at radius 2 is 1.52 bits per heavy atom. The van der Waals surface area contributed by atoms with E-state index in [1.807, 2.05) is 48.5 Å². The zero-order chi connectivity index (χ0) is 14.9. The van der Waals surface area contributed by atoms with Crippen LogP contribution in [0.4, 0.5) is 0 Å². The second-order valence-electron chi connectivity index (χ2n) is 4.45. The van der Waals surface area contributed by atoms with Crippen LogP contribution in [-0.4, -0.2) is 32.0 Å². The monoisotopic (exact) mass is 288 g/mol. The number of benzene rings is 2. The summed E-state index contributed by atoms with van der Waals surface area (Å²) < 4.78 is 16.4. The summed E-state index contributed by atoms with van der Waals surface area (Å²) in [6, 6.07) is 15.1. The summed E-state index contributed by atoms with van der Waals surface area (Å²) in [6.45, 7) is 1.02. The molecule has 0 aromatic heterocycles. The van der Waals surface area contributed by atoms with Crippen molar-refractivity contribution in [3.05, 3.63) is 54.1 Å². The van der Waals surface area contributed by atoms with Crippen LogP contribution in [0.2, 0.25) is 0 Å². The van der Waals surface area contributed by atoms with Gasteiger partial charge in [0.05, 0.1) is 7.11 Å². The van der Waals surface area contributed by atoms with Crippen LogP contribution in [0, 0.1) is 0 Å². The van der Waals surface area contributed by atoms with Crippen molar-refractivity contribution >= 4 is 0 Å². The van der Waals surface area contributed by atoms with Gasteiger partial charge >= 0.3 is 0 Å². The van der Waals surface area contributed by atoms with Gasteiger partial charge in [0.1, 0.15) is 30.5 Å². The van der Waals surface area contributed by atoms with Crippen LogP contribution in [0.15, 0.2) is 48.5 Å². The fourth-order valence-electron chi connectivity index (χ4n) is 1.95. The molecule has 0 bridgehead atoms. The van der Waals surface area contributed by atoms with Gasteiger partial charge in [-0.25, -0.2) is 0 Å². The highest BCUT2D eigenvalue weighted by molar-refractivity contribution is 5.33. The first-order valence-corrected chi connectivity index (χ1v) is 6.92. The number of para-hydroxylation sites is 1. The van der Waals surface area contributed by atoms with Gasteiger partial charge in [-0.1, -0.05) is 18.2 Å². The molecule has 21 heavy (non-hydrogen) atoms. The maximum atomic E-state index is 9.02. The Hall–Kier alpha value is -2.20. The molecule has 0 aliphatic carbocycles. The molecular weight excluding hydrogens is 268 g/mol. The van der Waals surface area contributed by atoms with Crippen molar-refractivity contribution in [3.63, 3.8) is 0 Å². The first kappa shape index (κ1) is 15.2. The van der Waals surface area contributed by atoms with Gasteiger partial charge in [-0.3, -0.25) is 0 Å². The zero-order valence-electron chi connectivity index (χ0n) is 12.1. The van der Waals surface area contributed by atoms with E-state index in [0.717, 1.165) is 22.8 Å². The van der Waals surface area contributed by atoms with Gasteiger partial charge in [0.15, 0.2) is 0 Å². The second-order valence-corrected chi connectivity index (χ2v) is 4.45. The number of ether oxygens (including phenoxy) is 3. The van der Waals surface area contributed by atoms with E-state index in [9.17, 15) is 0 Å². The van der Waals surface area contributed by atoms with Crippen LogP contribution < -0.4 is 14.2 Å². The fraction of sp³-hybridized carbons (Fsp3) is 0.294. The maximum absolute atomic E-state index is 9.02. The molecule has 0 saturated carbocycles. The largest absolute Gasteiger partial charge is 0.497 e. The Kier molecular flexibility index (Phi) is 5.91. The number of aliphatic hydroxyl groups excluding tert-OH is 1. The highest BCUT2D eigenvalue weighted by Gasteiger charge is 2.02. The average Bonchev–Trinajstić information content (AvgIpc) is 2.54. The van der Waals surface area contributed by atoms with Gasteiger partial charge in [0.2, 0.25) is 0 Å². The number of rotatable bonds is 8. The summed E-state index contributed by atoms with van der Waals surface area (Å²) in [5.74, 6) is 2.38. The van der Waals surface area contributed by atoms with E-state index in [2.05, 4.69) is 0 Å². The molecule has 0 aliphatic rings. The zero-order valence-corrected chi connectivity index (χ0v) is 12.1. The number of hydrogen-bond donors (Lipinski definition) is 1. The summed E-state index contributed by atoms with van der Waals surface area (Å²) in [6.07, 6.45) is 0.593.